The fourth-order valence-electron chi connectivity index (χ4n) is 3.88. The number of benzene rings is 3. The summed E-state index contributed by atoms with van der Waals surface area (Å²) in [6.07, 6.45) is 2.96. The Kier molecular flexibility index (Phi) is 8.48. The Morgan fingerprint density at radius 2 is 1.32 bits per heavy atom. The molecule has 0 spiro atoms. The molecule has 0 radical (unpaired) electrons. The van der Waals surface area contributed by atoms with Gasteiger partial charge in [-0.25, -0.2) is 22.0 Å². The Balaban J connectivity index is 1.30. The molecule has 198 valence electrons. The first kappa shape index (κ1) is 27.3. The first-order valence-corrected chi connectivity index (χ1v) is 12.1. The number of hydrogen-bond donors (Lipinski definition) is 2. The van der Waals surface area contributed by atoms with E-state index in [0.717, 1.165) is 16.2 Å². The second-order valence-electron chi connectivity index (χ2n) is 8.27. The van der Waals surface area contributed by atoms with Gasteiger partial charge in [0.25, 0.3) is 0 Å². The molecule has 0 aliphatic carbocycles. The van der Waals surface area contributed by atoms with Crippen LogP contribution in [-0.2, 0) is 4.79 Å². The summed E-state index contributed by atoms with van der Waals surface area (Å²) in [6.45, 7) is 0.692. The van der Waals surface area contributed by atoms with Crippen molar-refractivity contribution < 1.29 is 26.7 Å². The van der Waals surface area contributed by atoms with Gasteiger partial charge in [-0.05, 0) is 60.3 Å². The van der Waals surface area contributed by atoms with E-state index in [0.29, 0.717) is 23.8 Å². The summed E-state index contributed by atoms with van der Waals surface area (Å²) in [7, 11) is 0. The van der Waals surface area contributed by atoms with Crippen molar-refractivity contribution in [3.63, 3.8) is 0 Å². The van der Waals surface area contributed by atoms with Crippen LogP contribution < -0.4 is 20.4 Å². The molecule has 0 bridgehead atoms. The maximum absolute atomic E-state index is 14.1. The van der Waals surface area contributed by atoms with Crippen molar-refractivity contribution in [2.75, 3.05) is 41.3 Å². The largest absolute Gasteiger partial charge is 0.368 e. The molecule has 1 amide bonds. The lowest BCUT2D eigenvalue weighted by Gasteiger charge is -2.37. The van der Waals surface area contributed by atoms with E-state index in [2.05, 4.69) is 10.6 Å². The minimum absolute atomic E-state index is 0.0536. The Hall–Kier alpha value is -3.70. The van der Waals surface area contributed by atoms with E-state index < -0.39 is 40.7 Å². The van der Waals surface area contributed by atoms with E-state index >= 15 is 0 Å². The summed E-state index contributed by atoms with van der Waals surface area (Å²) in [6, 6.07) is 14.0. The van der Waals surface area contributed by atoms with Crippen molar-refractivity contribution in [2.24, 2.45) is 0 Å². The number of thiocarbonyl (C=S) groups is 1. The number of hydrogen-bond acceptors (Lipinski definition) is 4. The fourth-order valence-corrected chi connectivity index (χ4v) is 4.22. The molecular weight excluding hydrogens is 547 g/mol. The van der Waals surface area contributed by atoms with Gasteiger partial charge >= 0.3 is 0 Å². The van der Waals surface area contributed by atoms with Crippen LogP contribution in [0.2, 0.25) is 5.02 Å². The average molecular weight is 567 g/mol. The molecule has 2 N–H and O–H groups in total. The van der Waals surface area contributed by atoms with Gasteiger partial charge in [-0.2, -0.15) is 0 Å². The number of rotatable bonds is 5. The molecule has 1 aliphatic heterocycles. The standard InChI is InChI=1S/C26H20ClF5N4OS/c27-16-4-1-15(2-5-16)3-10-19(37)34-26(38)33-17-6-8-18(9-7-17)35-11-13-36(14-12-35)25-23(31)21(29)20(28)22(30)24(25)32/h1-10H,11-14H2,(H2,33,34,37,38)/b10-3+. The quantitative estimate of drug-likeness (QED) is 0.133. The molecule has 4 rings (SSSR count). The third-order valence-electron chi connectivity index (χ3n) is 5.81. The van der Waals surface area contributed by atoms with Crippen LogP contribution in [0.15, 0.2) is 54.6 Å². The normalized spacial score (nSPS) is 13.6. The maximum atomic E-state index is 14.1. The highest BCUT2D eigenvalue weighted by atomic mass is 35.5. The van der Waals surface area contributed by atoms with Crippen molar-refractivity contribution in [1.82, 2.24) is 5.32 Å². The van der Waals surface area contributed by atoms with E-state index in [-0.39, 0.29) is 18.2 Å². The second kappa shape index (κ2) is 11.8. The van der Waals surface area contributed by atoms with E-state index in [9.17, 15) is 26.7 Å². The zero-order valence-electron chi connectivity index (χ0n) is 19.6. The minimum Gasteiger partial charge on any atom is -0.368 e. The summed E-state index contributed by atoms with van der Waals surface area (Å²) >= 11 is 11.0. The van der Waals surface area contributed by atoms with Gasteiger partial charge in [-0.15, -0.1) is 0 Å². The van der Waals surface area contributed by atoms with Crippen LogP contribution in [0.5, 0.6) is 0 Å². The molecule has 1 saturated heterocycles. The Morgan fingerprint density at radius 3 is 1.89 bits per heavy atom. The number of nitrogens with one attached hydrogen (secondary N) is 2. The first-order chi connectivity index (χ1) is 18.1. The molecule has 38 heavy (non-hydrogen) atoms. The molecule has 0 atom stereocenters. The van der Waals surface area contributed by atoms with Crippen LogP contribution in [-0.4, -0.2) is 37.2 Å². The molecule has 0 unspecified atom stereocenters. The van der Waals surface area contributed by atoms with E-state index in [1.165, 1.54) is 6.08 Å². The van der Waals surface area contributed by atoms with Crippen molar-refractivity contribution in [3.05, 3.63) is 94.3 Å². The van der Waals surface area contributed by atoms with Crippen LogP contribution in [0.1, 0.15) is 5.56 Å². The highest BCUT2D eigenvalue weighted by Crippen LogP contribution is 2.31. The monoisotopic (exact) mass is 566 g/mol. The third-order valence-corrected chi connectivity index (χ3v) is 6.26. The molecule has 1 heterocycles. The van der Waals surface area contributed by atoms with Crippen molar-refractivity contribution in [3.8, 4) is 0 Å². The van der Waals surface area contributed by atoms with Gasteiger partial charge in [0.15, 0.2) is 28.4 Å². The highest BCUT2D eigenvalue weighted by molar-refractivity contribution is 7.80. The smallest absolute Gasteiger partial charge is 0.250 e. The predicted molar refractivity (Wildman–Crippen MR) is 142 cm³/mol. The molecule has 1 fully saturated rings. The summed E-state index contributed by atoms with van der Waals surface area (Å²) in [5, 5.41) is 6.13. The fraction of sp³-hybridized carbons (Fsp3) is 0.154. The summed E-state index contributed by atoms with van der Waals surface area (Å²) in [5.41, 5.74) is 1.28. The zero-order chi connectivity index (χ0) is 27.4. The minimum atomic E-state index is -2.18. The maximum Gasteiger partial charge on any atom is 0.250 e. The van der Waals surface area contributed by atoms with Crippen LogP contribution in [0.25, 0.3) is 6.08 Å². The lowest BCUT2D eigenvalue weighted by Crippen LogP contribution is -2.47. The number of amides is 1. The lowest BCUT2D eigenvalue weighted by molar-refractivity contribution is -0.115. The Labute approximate surface area is 225 Å². The Morgan fingerprint density at radius 1 is 0.789 bits per heavy atom. The zero-order valence-corrected chi connectivity index (χ0v) is 21.2. The van der Waals surface area contributed by atoms with Crippen molar-refractivity contribution >= 4 is 58.0 Å². The van der Waals surface area contributed by atoms with Gasteiger partial charge in [0.1, 0.15) is 5.69 Å². The molecule has 0 saturated carbocycles. The van der Waals surface area contributed by atoms with Crippen LogP contribution in [0.3, 0.4) is 0 Å². The predicted octanol–water partition coefficient (Wildman–Crippen LogP) is 5.89. The number of carbonyl (C=O) groups excluding carboxylic acids is 1. The molecule has 1 aliphatic rings. The van der Waals surface area contributed by atoms with Gasteiger partial charge in [0, 0.05) is 48.7 Å². The first-order valence-electron chi connectivity index (χ1n) is 11.3. The lowest BCUT2D eigenvalue weighted by atomic mass is 10.2. The second-order valence-corrected chi connectivity index (χ2v) is 9.11. The third kappa shape index (κ3) is 6.22. The molecule has 3 aromatic rings. The highest BCUT2D eigenvalue weighted by Gasteiger charge is 2.30. The number of nitrogens with zero attached hydrogens (tertiary/aromatic N) is 2. The summed E-state index contributed by atoms with van der Waals surface area (Å²) < 4.78 is 68.8. The summed E-state index contributed by atoms with van der Waals surface area (Å²) in [5.74, 6) is -10.2. The van der Waals surface area contributed by atoms with E-state index in [4.69, 9.17) is 23.8 Å². The number of halogens is 6. The molecular formula is C26H20ClF5N4OS. The van der Waals surface area contributed by atoms with Crippen LogP contribution in [0, 0.1) is 29.1 Å². The van der Waals surface area contributed by atoms with Gasteiger partial charge in [-0.1, -0.05) is 23.7 Å². The van der Waals surface area contributed by atoms with E-state index in [1.54, 1.807) is 54.6 Å². The average Bonchev–Trinajstić information content (AvgIpc) is 2.91. The van der Waals surface area contributed by atoms with Crippen molar-refractivity contribution in [1.29, 1.82) is 0 Å². The van der Waals surface area contributed by atoms with Gasteiger partial charge in [0.2, 0.25) is 11.7 Å². The Bertz CT molecular complexity index is 1350. The topological polar surface area (TPSA) is 47.6 Å². The molecule has 0 aromatic heterocycles. The van der Waals surface area contributed by atoms with Gasteiger partial charge in [-0.3, -0.25) is 10.1 Å². The summed E-state index contributed by atoms with van der Waals surface area (Å²) in [4.78, 5) is 15.2. The SMILES string of the molecule is O=C(/C=C/c1ccc(Cl)cc1)NC(=S)Nc1ccc(N2CCN(c3c(F)c(F)c(F)c(F)c3F)CC2)cc1. The molecule has 12 heteroatoms. The van der Waals surface area contributed by atoms with Crippen LogP contribution in [0.4, 0.5) is 39.0 Å². The number of carbonyl (C=O) groups is 1. The molecule has 5 nitrogen and oxygen atoms in total. The van der Waals surface area contributed by atoms with Gasteiger partial charge < -0.3 is 15.1 Å². The number of anilines is 3. The molecule has 3 aromatic carbocycles. The van der Waals surface area contributed by atoms with Crippen LogP contribution >= 0.6 is 23.8 Å². The van der Waals surface area contributed by atoms with Crippen molar-refractivity contribution in [2.45, 2.75) is 0 Å². The van der Waals surface area contributed by atoms with Gasteiger partial charge in [0.05, 0.1) is 0 Å². The number of piperazine rings is 1. The van der Waals surface area contributed by atoms with E-state index in [1.807, 2.05) is 4.90 Å².